The second-order valence-corrected chi connectivity index (χ2v) is 3.93. The van der Waals surface area contributed by atoms with Crippen LogP contribution in [0.25, 0.3) is 0 Å². The quantitative estimate of drug-likeness (QED) is 0.582. The number of aliphatic hydroxyl groups is 2. The monoisotopic (exact) mass is 203 g/mol. The van der Waals surface area contributed by atoms with Gasteiger partial charge < -0.3 is 19.8 Å². The van der Waals surface area contributed by atoms with Gasteiger partial charge in [0.05, 0.1) is 25.9 Å². The minimum absolute atomic E-state index is 0.0936. The Bertz CT molecular complexity index is 152. The Morgan fingerprint density at radius 3 is 2.86 bits per heavy atom. The van der Waals surface area contributed by atoms with Gasteiger partial charge in [-0.15, -0.1) is 0 Å². The summed E-state index contributed by atoms with van der Waals surface area (Å²) in [4.78, 5) is 2.30. The Labute approximate surface area is 85.5 Å². The molecule has 0 radical (unpaired) electrons. The first-order valence-corrected chi connectivity index (χ1v) is 5.33. The Morgan fingerprint density at radius 1 is 1.50 bits per heavy atom. The summed E-state index contributed by atoms with van der Waals surface area (Å²) >= 11 is 0. The first-order chi connectivity index (χ1) is 6.74. The molecule has 0 bridgehead atoms. The van der Waals surface area contributed by atoms with E-state index in [-0.39, 0.29) is 12.7 Å². The van der Waals surface area contributed by atoms with Crippen LogP contribution in [-0.4, -0.2) is 60.7 Å². The molecule has 2 atom stereocenters. The van der Waals surface area contributed by atoms with E-state index in [4.69, 9.17) is 9.84 Å². The van der Waals surface area contributed by atoms with Gasteiger partial charge in [0, 0.05) is 13.1 Å². The summed E-state index contributed by atoms with van der Waals surface area (Å²) in [6, 6.07) is 0. The average molecular weight is 203 g/mol. The summed E-state index contributed by atoms with van der Waals surface area (Å²) in [5.74, 6) is 0.424. The van der Waals surface area contributed by atoms with Crippen molar-refractivity contribution in [3.05, 3.63) is 0 Å². The first-order valence-electron chi connectivity index (χ1n) is 5.33. The van der Waals surface area contributed by atoms with Crippen molar-refractivity contribution in [2.45, 2.75) is 19.4 Å². The van der Waals surface area contributed by atoms with Gasteiger partial charge in [-0.25, -0.2) is 0 Å². The lowest BCUT2D eigenvalue weighted by Crippen LogP contribution is -2.27. The van der Waals surface area contributed by atoms with Crippen molar-refractivity contribution in [1.82, 2.24) is 4.90 Å². The van der Waals surface area contributed by atoms with Crippen LogP contribution in [0.3, 0.4) is 0 Å². The number of aliphatic hydroxyl groups excluding tert-OH is 2. The van der Waals surface area contributed by atoms with E-state index in [1.807, 2.05) is 6.92 Å². The highest BCUT2D eigenvalue weighted by atomic mass is 16.5. The summed E-state index contributed by atoms with van der Waals surface area (Å²) in [5.41, 5.74) is 0. The lowest BCUT2D eigenvalue weighted by Gasteiger charge is -2.16. The van der Waals surface area contributed by atoms with Crippen LogP contribution in [0.15, 0.2) is 0 Å². The van der Waals surface area contributed by atoms with Gasteiger partial charge in [0.1, 0.15) is 0 Å². The minimum atomic E-state index is -0.196. The van der Waals surface area contributed by atoms with Gasteiger partial charge in [-0.3, -0.25) is 0 Å². The van der Waals surface area contributed by atoms with E-state index >= 15 is 0 Å². The van der Waals surface area contributed by atoms with E-state index in [1.165, 1.54) is 0 Å². The fourth-order valence-electron chi connectivity index (χ4n) is 1.82. The molecule has 0 aliphatic carbocycles. The lowest BCUT2D eigenvalue weighted by molar-refractivity contribution is 0.0743. The van der Waals surface area contributed by atoms with Crippen molar-refractivity contribution in [1.29, 1.82) is 0 Å². The maximum Gasteiger partial charge on any atom is 0.0698 e. The van der Waals surface area contributed by atoms with E-state index in [0.29, 0.717) is 19.1 Å². The predicted molar refractivity (Wildman–Crippen MR) is 54.1 cm³/mol. The Morgan fingerprint density at radius 2 is 2.29 bits per heavy atom. The molecule has 1 aliphatic rings. The molecule has 1 heterocycles. The van der Waals surface area contributed by atoms with Gasteiger partial charge in [-0.1, -0.05) is 0 Å². The second kappa shape index (κ2) is 6.35. The SMILES string of the molecule is CC(O)C1CCN(CCOCCO)C1. The van der Waals surface area contributed by atoms with Crippen molar-refractivity contribution in [2.24, 2.45) is 5.92 Å². The number of ether oxygens (including phenoxy) is 1. The van der Waals surface area contributed by atoms with Crippen molar-refractivity contribution in [3.8, 4) is 0 Å². The predicted octanol–water partition coefficient (Wildman–Crippen LogP) is -0.302. The Balaban J connectivity index is 2.04. The standard InChI is InChI=1S/C10H21NO3/c1-9(13)10-2-3-11(8-10)4-6-14-7-5-12/h9-10,12-13H,2-8H2,1H3. The number of likely N-dealkylation sites (tertiary alicyclic amines) is 1. The van der Waals surface area contributed by atoms with Gasteiger partial charge in [-0.05, 0) is 25.8 Å². The molecule has 4 heteroatoms. The van der Waals surface area contributed by atoms with Gasteiger partial charge >= 0.3 is 0 Å². The summed E-state index contributed by atoms with van der Waals surface area (Å²) < 4.78 is 5.19. The molecule has 14 heavy (non-hydrogen) atoms. The van der Waals surface area contributed by atoms with Crippen LogP contribution in [-0.2, 0) is 4.74 Å². The molecule has 0 aromatic heterocycles. The summed E-state index contributed by atoms with van der Waals surface area (Å²) in [7, 11) is 0. The minimum Gasteiger partial charge on any atom is -0.394 e. The molecule has 2 N–H and O–H groups in total. The lowest BCUT2D eigenvalue weighted by atomic mass is 10.0. The molecule has 0 aromatic carbocycles. The largest absolute Gasteiger partial charge is 0.394 e. The molecule has 1 saturated heterocycles. The number of nitrogens with zero attached hydrogens (tertiary/aromatic N) is 1. The topological polar surface area (TPSA) is 52.9 Å². The van der Waals surface area contributed by atoms with Crippen molar-refractivity contribution in [3.63, 3.8) is 0 Å². The number of hydrogen-bond acceptors (Lipinski definition) is 4. The molecule has 0 aromatic rings. The second-order valence-electron chi connectivity index (χ2n) is 3.93. The molecule has 84 valence electrons. The van der Waals surface area contributed by atoms with E-state index in [0.717, 1.165) is 26.1 Å². The zero-order valence-electron chi connectivity index (χ0n) is 8.85. The third kappa shape index (κ3) is 3.92. The fraction of sp³-hybridized carbons (Fsp3) is 1.00. The van der Waals surface area contributed by atoms with Crippen LogP contribution in [0.2, 0.25) is 0 Å². The maximum atomic E-state index is 9.39. The fourth-order valence-corrected chi connectivity index (χ4v) is 1.82. The Hall–Kier alpha value is -0.160. The average Bonchev–Trinajstić information content (AvgIpc) is 2.61. The van der Waals surface area contributed by atoms with Crippen molar-refractivity contribution >= 4 is 0 Å². The molecule has 2 unspecified atom stereocenters. The van der Waals surface area contributed by atoms with Crippen LogP contribution in [0.4, 0.5) is 0 Å². The van der Waals surface area contributed by atoms with Gasteiger partial charge in [0.25, 0.3) is 0 Å². The maximum absolute atomic E-state index is 9.39. The molecule has 0 amide bonds. The highest BCUT2D eigenvalue weighted by molar-refractivity contribution is 4.78. The van der Waals surface area contributed by atoms with E-state index in [9.17, 15) is 5.11 Å². The number of rotatable bonds is 6. The molecule has 0 spiro atoms. The van der Waals surface area contributed by atoms with Gasteiger partial charge in [-0.2, -0.15) is 0 Å². The van der Waals surface area contributed by atoms with E-state index < -0.39 is 0 Å². The molecule has 4 nitrogen and oxygen atoms in total. The van der Waals surface area contributed by atoms with Crippen LogP contribution in [0, 0.1) is 5.92 Å². The van der Waals surface area contributed by atoms with E-state index in [1.54, 1.807) is 0 Å². The summed E-state index contributed by atoms with van der Waals surface area (Å²) in [5, 5.41) is 17.9. The summed E-state index contributed by atoms with van der Waals surface area (Å²) in [6.45, 7) is 5.98. The normalized spacial score (nSPS) is 25.5. The van der Waals surface area contributed by atoms with Gasteiger partial charge in [0.15, 0.2) is 0 Å². The summed E-state index contributed by atoms with van der Waals surface area (Å²) in [6.07, 6.45) is 0.885. The highest BCUT2D eigenvalue weighted by Gasteiger charge is 2.25. The molecule has 1 aliphatic heterocycles. The molecule has 1 rings (SSSR count). The smallest absolute Gasteiger partial charge is 0.0698 e. The molecular formula is C10H21NO3. The molecular weight excluding hydrogens is 182 g/mol. The molecule has 1 fully saturated rings. The van der Waals surface area contributed by atoms with Crippen molar-refractivity contribution in [2.75, 3.05) is 39.5 Å². The van der Waals surface area contributed by atoms with Crippen LogP contribution >= 0.6 is 0 Å². The zero-order chi connectivity index (χ0) is 10.4. The highest BCUT2D eigenvalue weighted by Crippen LogP contribution is 2.18. The van der Waals surface area contributed by atoms with Crippen LogP contribution in [0.1, 0.15) is 13.3 Å². The van der Waals surface area contributed by atoms with E-state index in [2.05, 4.69) is 4.90 Å². The molecule has 0 saturated carbocycles. The van der Waals surface area contributed by atoms with Crippen LogP contribution in [0.5, 0.6) is 0 Å². The Kier molecular flexibility index (Phi) is 5.40. The third-order valence-corrected chi connectivity index (χ3v) is 2.78. The third-order valence-electron chi connectivity index (χ3n) is 2.78. The zero-order valence-corrected chi connectivity index (χ0v) is 8.85. The first kappa shape index (κ1) is 11.9. The van der Waals surface area contributed by atoms with Crippen molar-refractivity contribution < 1.29 is 14.9 Å². The van der Waals surface area contributed by atoms with Gasteiger partial charge in [0.2, 0.25) is 0 Å². The van der Waals surface area contributed by atoms with Crippen LogP contribution < -0.4 is 0 Å². The number of hydrogen-bond donors (Lipinski definition) is 2.